The zero-order chi connectivity index (χ0) is 14.1. The second-order valence-electron chi connectivity index (χ2n) is 4.17. The normalized spacial score (nSPS) is 18.7. The van der Waals surface area contributed by atoms with E-state index in [-0.39, 0.29) is 0 Å². The molecular weight excluding hydrogens is 304 g/mol. The molecule has 0 atom stereocenters. The molecule has 0 unspecified atom stereocenters. The van der Waals surface area contributed by atoms with Crippen LogP contribution in [0, 0.1) is 22.9 Å². The second-order valence-corrected chi connectivity index (χ2v) is 5.02. The zero-order valence-electron chi connectivity index (χ0n) is 10.9. The number of nitriles is 2. The van der Waals surface area contributed by atoms with Crippen LogP contribution in [0.2, 0.25) is 0 Å². The summed E-state index contributed by atoms with van der Waals surface area (Å²) < 4.78 is 0.681. The summed E-state index contributed by atoms with van der Waals surface area (Å²) in [5.74, 6) is 0. The van der Waals surface area contributed by atoms with Gasteiger partial charge in [-0.1, -0.05) is 26.2 Å². The SMILES string of the molecule is CCCCCCC1=CC(=NC#N)C(Br)=CC1=NC#N. The summed E-state index contributed by atoms with van der Waals surface area (Å²) in [6.07, 6.45) is 12.6. The smallest absolute Gasteiger partial charge is 0.173 e. The van der Waals surface area contributed by atoms with E-state index in [4.69, 9.17) is 10.5 Å². The molecule has 19 heavy (non-hydrogen) atoms. The molecule has 4 nitrogen and oxygen atoms in total. The third kappa shape index (κ3) is 4.81. The van der Waals surface area contributed by atoms with Crippen LogP contribution in [0.4, 0.5) is 0 Å². The van der Waals surface area contributed by atoms with Gasteiger partial charge >= 0.3 is 0 Å². The van der Waals surface area contributed by atoms with E-state index in [2.05, 4.69) is 32.8 Å². The van der Waals surface area contributed by atoms with E-state index in [1.807, 2.05) is 12.3 Å². The molecule has 0 amide bonds. The Kier molecular flexibility index (Phi) is 6.78. The van der Waals surface area contributed by atoms with Gasteiger partial charge in [0.2, 0.25) is 12.4 Å². The van der Waals surface area contributed by atoms with Gasteiger partial charge in [0, 0.05) is 4.48 Å². The minimum absolute atomic E-state index is 0.588. The predicted molar refractivity (Wildman–Crippen MR) is 79.9 cm³/mol. The number of unbranched alkanes of at least 4 members (excludes halogenated alkanes) is 3. The van der Waals surface area contributed by atoms with Crippen molar-refractivity contribution in [1.29, 1.82) is 10.5 Å². The summed E-state index contributed by atoms with van der Waals surface area (Å²) in [6.45, 7) is 2.17. The van der Waals surface area contributed by atoms with E-state index in [1.165, 1.54) is 12.8 Å². The molecule has 5 heteroatoms. The van der Waals surface area contributed by atoms with E-state index in [9.17, 15) is 0 Å². The van der Waals surface area contributed by atoms with Crippen molar-refractivity contribution in [2.24, 2.45) is 9.98 Å². The van der Waals surface area contributed by atoms with Gasteiger partial charge < -0.3 is 0 Å². The Hall–Kier alpha value is -1.72. The fraction of sp³-hybridized carbons (Fsp3) is 0.429. The summed E-state index contributed by atoms with van der Waals surface area (Å²) in [5, 5.41) is 17.4. The minimum atomic E-state index is 0.588. The fourth-order valence-corrected chi connectivity index (χ4v) is 2.25. The third-order valence-electron chi connectivity index (χ3n) is 2.79. The standard InChI is InChI=1S/C14H15BrN4/c1-2-3-4-5-6-11-7-14(19-10-17)12(15)8-13(11)18-9-16/h7-8H,2-6H2,1H3. The molecule has 0 aromatic rings. The summed E-state index contributed by atoms with van der Waals surface area (Å²) >= 11 is 3.33. The zero-order valence-corrected chi connectivity index (χ0v) is 12.4. The van der Waals surface area contributed by atoms with Crippen molar-refractivity contribution in [3.63, 3.8) is 0 Å². The number of rotatable bonds is 5. The summed E-state index contributed by atoms with van der Waals surface area (Å²) in [5.41, 5.74) is 2.21. The number of hydrogen-bond donors (Lipinski definition) is 0. The van der Waals surface area contributed by atoms with Crippen molar-refractivity contribution >= 4 is 27.4 Å². The van der Waals surface area contributed by atoms with Crippen LogP contribution < -0.4 is 0 Å². The van der Waals surface area contributed by atoms with Gasteiger partial charge in [-0.15, -0.1) is 0 Å². The van der Waals surface area contributed by atoms with E-state index in [0.29, 0.717) is 15.9 Å². The number of halogens is 1. The number of allylic oxidation sites excluding steroid dienone is 4. The van der Waals surface area contributed by atoms with Gasteiger partial charge in [0.05, 0.1) is 11.4 Å². The van der Waals surface area contributed by atoms with Crippen LogP contribution in [0.25, 0.3) is 0 Å². The lowest BCUT2D eigenvalue weighted by Gasteiger charge is -2.13. The van der Waals surface area contributed by atoms with Crippen LogP contribution in [-0.4, -0.2) is 11.4 Å². The predicted octanol–water partition coefficient (Wildman–Crippen LogP) is 4.02. The van der Waals surface area contributed by atoms with Gasteiger partial charge in [-0.3, -0.25) is 0 Å². The van der Waals surface area contributed by atoms with Crippen molar-refractivity contribution in [2.45, 2.75) is 39.0 Å². The van der Waals surface area contributed by atoms with E-state index >= 15 is 0 Å². The Balaban J connectivity index is 2.87. The van der Waals surface area contributed by atoms with Gasteiger partial charge in [-0.25, -0.2) is 0 Å². The van der Waals surface area contributed by atoms with Crippen molar-refractivity contribution in [3.8, 4) is 12.4 Å². The van der Waals surface area contributed by atoms with Gasteiger partial charge in [0.25, 0.3) is 0 Å². The summed E-state index contributed by atoms with van der Waals surface area (Å²) in [7, 11) is 0. The molecule has 0 spiro atoms. The molecule has 0 bridgehead atoms. The van der Waals surface area contributed by atoms with Crippen molar-refractivity contribution in [3.05, 3.63) is 22.2 Å². The number of hydrogen-bond acceptors (Lipinski definition) is 4. The fourth-order valence-electron chi connectivity index (χ4n) is 1.83. The maximum atomic E-state index is 8.71. The number of aliphatic imine (C=N–C) groups is 2. The van der Waals surface area contributed by atoms with E-state index in [0.717, 1.165) is 24.8 Å². The van der Waals surface area contributed by atoms with Gasteiger partial charge in [-0.05, 0) is 46.5 Å². The maximum absolute atomic E-state index is 8.71. The molecule has 0 heterocycles. The highest BCUT2D eigenvalue weighted by Gasteiger charge is 2.15. The first-order chi connectivity index (χ1) is 9.22. The molecule has 98 valence electrons. The summed E-state index contributed by atoms with van der Waals surface area (Å²) in [4.78, 5) is 7.57. The molecule has 0 aliphatic heterocycles. The molecule has 0 radical (unpaired) electrons. The molecule has 0 saturated carbocycles. The van der Waals surface area contributed by atoms with E-state index in [1.54, 1.807) is 12.3 Å². The first kappa shape index (κ1) is 15.3. The first-order valence-electron chi connectivity index (χ1n) is 6.25. The van der Waals surface area contributed by atoms with Crippen LogP contribution in [0.3, 0.4) is 0 Å². The van der Waals surface area contributed by atoms with Crippen molar-refractivity contribution < 1.29 is 0 Å². The Morgan fingerprint density at radius 3 is 2.37 bits per heavy atom. The van der Waals surface area contributed by atoms with E-state index < -0.39 is 0 Å². The molecule has 1 aliphatic carbocycles. The first-order valence-corrected chi connectivity index (χ1v) is 7.04. The summed E-state index contributed by atoms with van der Waals surface area (Å²) in [6, 6.07) is 0. The largest absolute Gasteiger partial charge is 0.206 e. The second kappa shape index (κ2) is 8.39. The van der Waals surface area contributed by atoms with Crippen molar-refractivity contribution in [2.75, 3.05) is 0 Å². The highest BCUT2D eigenvalue weighted by molar-refractivity contribution is 9.12. The molecule has 0 saturated heterocycles. The van der Waals surface area contributed by atoms with Gasteiger partial charge in [0.1, 0.15) is 0 Å². The molecular formula is C14H15BrN4. The Bertz CT molecular complexity index is 527. The van der Waals surface area contributed by atoms with Gasteiger partial charge in [0.15, 0.2) is 0 Å². The maximum Gasteiger partial charge on any atom is 0.206 e. The van der Waals surface area contributed by atoms with Gasteiger partial charge in [-0.2, -0.15) is 20.5 Å². The monoisotopic (exact) mass is 318 g/mol. The van der Waals surface area contributed by atoms with Crippen LogP contribution in [0.1, 0.15) is 39.0 Å². The van der Waals surface area contributed by atoms with Crippen molar-refractivity contribution in [1.82, 2.24) is 0 Å². The van der Waals surface area contributed by atoms with Crippen LogP contribution in [0.15, 0.2) is 32.2 Å². The highest BCUT2D eigenvalue weighted by Crippen LogP contribution is 2.22. The Labute approximate surface area is 122 Å². The lowest BCUT2D eigenvalue weighted by atomic mass is 9.96. The molecule has 0 N–H and O–H groups in total. The molecule has 1 rings (SSSR count). The topological polar surface area (TPSA) is 72.3 Å². The highest BCUT2D eigenvalue weighted by atomic mass is 79.9. The van der Waals surface area contributed by atoms with Crippen LogP contribution >= 0.6 is 15.9 Å². The van der Waals surface area contributed by atoms with Crippen LogP contribution in [0.5, 0.6) is 0 Å². The quantitative estimate of drug-likeness (QED) is 0.436. The minimum Gasteiger partial charge on any atom is -0.173 e. The van der Waals surface area contributed by atoms with Crippen LogP contribution in [-0.2, 0) is 0 Å². The molecule has 0 aromatic heterocycles. The average Bonchev–Trinajstić information content (AvgIpc) is 2.39. The molecule has 1 aliphatic rings. The lowest BCUT2D eigenvalue weighted by Crippen LogP contribution is -2.11. The molecule has 0 aromatic carbocycles. The Morgan fingerprint density at radius 2 is 1.74 bits per heavy atom. The Morgan fingerprint density at radius 1 is 1.05 bits per heavy atom. The molecule has 0 fully saturated rings. The average molecular weight is 319 g/mol. The lowest BCUT2D eigenvalue weighted by molar-refractivity contribution is 0.670. The number of nitrogens with zero attached hydrogens (tertiary/aromatic N) is 4. The third-order valence-corrected chi connectivity index (χ3v) is 3.42.